The number of nitrogens with one attached hydrogen (secondary N) is 2. The number of fused-ring (bicyclic) bond motifs is 1. The monoisotopic (exact) mass is 387 g/mol. The zero-order valence-corrected chi connectivity index (χ0v) is 16.6. The molecule has 29 heavy (non-hydrogen) atoms. The molecule has 0 radical (unpaired) electrons. The van der Waals surface area contributed by atoms with Crippen LogP contribution in [0.1, 0.15) is 42.1 Å². The zero-order chi connectivity index (χ0) is 20.2. The summed E-state index contributed by atoms with van der Waals surface area (Å²) in [5, 5.41) is 9.87. The molecule has 1 amide bonds. The number of aromatic amines is 1. The van der Waals surface area contributed by atoms with Crippen molar-refractivity contribution in [1.82, 2.24) is 10.2 Å². The lowest BCUT2D eigenvalue weighted by Gasteiger charge is -2.17. The van der Waals surface area contributed by atoms with Gasteiger partial charge >= 0.3 is 0 Å². The first-order chi connectivity index (χ1) is 14.1. The van der Waals surface area contributed by atoms with Gasteiger partial charge in [-0.2, -0.15) is 5.10 Å². The molecule has 1 aliphatic rings. The summed E-state index contributed by atoms with van der Waals surface area (Å²) in [6, 6.07) is 16.3. The topological polar surface area (TPSA) is 74.8 Å². The third kappa shape index (κ3) is 4.45. The minimum Gasteiger partial charge on any atom is -0.326 e. The van der Waals surface area contributed by atoms with E-state index in [0.717, 1.165) is 66.6 Å². The molecule has 0 aliphatic heterocycles. The van der Waals surface area contributed by atoms with E-state index in [1.807, 2.05) is 24.3 Å². The van der Waals surface area contributed by atoms with Crippen molar-refractivity contribution in [2.24, 2.45) is 0 Å². The van der Waals surface area contributed by atoms with Gasteiger partial charge in [0.15, 0.2) is 0 Å². The molecule has 0 fully saturated rings. The second-order valence-electron chi connectivity index (χ2n) is 7.63. The van der Waals surface area contributed by atoms with Gasteiger partial charge < -0.3 is 5.32 Å². The molecule has 4 rings (SSSR count). The van der Waals surface area contributed by atoms with Crippen molar-refractivity contribution >= 4 is 11.6 Å². The highest BCUT2D eigenvalue weighted by Gasteiger charge is 2.17. The van der Waals surface area contributed by atoms with Crippen molar-refractivity contribution in [2.75, 3.05) is 5.32 Å². The summed E-state index contributed by atoms with van der Waals surface area (Å²) in [5.74, 6) is -0.0763. The number of carbonyl (C=O) groups excluding carboxylic acids is 1. The van der Waals surface area contributed by atoms with Crippen LogP contribution in [0.25, 0.3) is 11.1 Å². The van der Waals surface area contributed by atoms with Gasteiger partial charge in [-0.25, -0.2) is 5.10 Å². The Morgan fingerprint density at radius 3 is 2.52 bits per heavy atom. The quantitative estimate of drug-likeness (QED) is 0.693. The number of anilines is 1. The van der Waals surface area contributed by atoms with E-state index < -0.39 is 0 Å². The first-order valence-electron chi connectivity index (χ1n) is 10.2. The molecule has 1 aliphatic carbocycles. The summed E-state index contributed by atoms with van der Waals surface area (Å²) >= 11 is 0. The van der Waals surface area contributed by atoms with Crippen molar-refractivity contribution in [3.63, 3.8) is 0 Å². The maximum atomic E-state index is 12.0. The Morgan fingerprint density at radius 2 is 1.72 bits per heavy atom. The molecule has 3 aromatic rings. The second-order valence-corrected chi connectivity index (χ2v) is 7.63. The van der Waals surface area contributed by atoms with E-state index in [0.29, 0.717) is 0 Å². The number of aryl methyl sites for hydroxylation is 2. The third-order valence-corrected chi connectivity index (χ3v) is 5.48. The largest absolute Gasteiger partial charge is 0.326 e. The minimum absolute atomic E-state index is 0.0236. The SMILES string of the molecule is CC(=O)Nc1cccc(-c2cccc(CCc3n[nH]c(=O)c4c3CCCC4)c2)c1. The normalized spacial score (nSPS) is 13.0. The first-order valence-corrected chi connectivity index (χ1v) is 10.2. The van der Waals surface area contributed by atoms with E-state index in [4.69, 9.17) is 0 Å². The Morgan fingerprint density at radius 1 is 1.00 bits per heavy atom. The fraction of sp³-hybridized carbons (Fsp3) is 0.292. The van der Waals surface area contributed by atoms with Crippen LogP contribution in [0.5, 0.6) is 0 Å². The Balaban J connectivity index is 1.53. The van der Waals surface area contributed by atoms with Gasteiger partial charge in [0.05, 0.1) is 5.69 Å². The number of H-pyrrole nitrogens is 1. The summed E-state index contributed by atoms with van der Waals surface area (Å²) in [6.45, 7) is 1.51. The summed E-state index contributed by atoms with van der Waals surface area (Å²) < 4.78 is 0. The molecular weight excluding hydrogens is 362 g/mol. The van der Waals surface area contributed by atoms with E-state index in [2.05, 4.69) is 39.8 Å². The van der Waals surface area contributed by atoms with Crippen molar-refractivity contribution in [1.29, 1.82) is 0 Å². The van der Waals surface area contributed by atoms with Gasteiger partial charge in [-0.1, -0.05) is 36.4 Å². The van der Waals surface area contributed by atoms with E-state index in [9.17, 15) is 9.59 Å². The lowest BCUT2D eigenvalue weighted by atomic mass is 9.90. The molecule has 0 spiro atoms. The van der Waals surface area contributed by atoms with E-state index >= 15 is 0 Å². The van der Waals surface area contributed by atoms with Crippen LogP contribution < -0.4 is 10.9 Å². The molecular formula is C24H25N3O2. The van der Waals surface area contributed by atoms with Crippen LogP contribution in [0.3, 0.4) is 0 Å². The van der Waals surface area contributed by atoms with Crippen molar-refractivity contribution < 1.29 is 4.79 Å². The standard InChI is InChI=1S/C24H25N3O2/c1-16(28)25-20-9-5-8-19(15-20)18-7-4-6-17(14-18)12-13-23-21-10-2-3-11-22(21)24(29)27-26-23/h4-9,14-15H,2-3,10-13H2,1H3,(H,25,28)(H,27,29). The van der Waals surface area contributed by atoms with Crippen LogP contribution in [0.15, 0.2) is 53.3 Å². The van der Waals surface area contributed by atoms with Gasteiger partial charge in [0.1, 0.15) is 0 Å². The fourth-order valence-corrected chi connectivity index (χ4v) is 4.08. The van der Waals surface area contributed by atoms with Crippen LogP contribution in [0.4, 0.5) is 5.69 Å². The maximum absolute atomic E-state index is 12.0. The Hall–Kier alpha value is -3.21. The summed E-state index contributed by atoms with van der Waals surface area (Å²) in [7, 11) is 0. The molecule has 148 valence electrons. The van der Waals surface area contributed by atoms with Gasteiger partial charge in [-0.3, -0.25) is 9.59 Å². The number of aromatic nitrogens is 2. The minimum atomic E-state index is -0.0763. The molecule has 0 saturated heterocycles. The number of nitrogens with zero attached hydrogens (tertiary/aromatic N) is 1. The molecule has 0 bridgehead atoms. The molecule has 1 heterocycles. The number of carbonyl (C=O) groups is 1. The Labute approximate surface area is 170 Å². The molecule has 5 nitrogen and oxygen atoms in total. The summed E-state index contributed by atoms with van der Waals surface area (Å²) in [4.78, 5) is 23.4. The number of hydrogen-bond acceptors (Lipinski definition) is 3. The summed E-state index contributed by atoms with van der Waals surface area (Å²) in [6.07, 6.45) is 5.71. The van der Waals surface area contributed by atoms with Crippen LogP contribution in [0.2, 0.25) is 0 Å². The highest BCUT2D eigenvalue weighted by Crippen LogP contribution is 2.25. The predicted octanol–water partition coefficient (Wildman–Crippen LogP) is 4.06. The molecule has 2 aromatic carbocycles. The predicted molar refractivity (Wildman–Crippen MR) is 115 cm³/mol. The van der Waals surface area contributed by atoms with Crippen molar-refractivity contribution in [2.45, 2.75) is 45.4 Å². The molecule has 5 heteroatoms. The number of rotatable bonds is 5. The second kappa shape index (κ2) is 8.43. The van der Waals surface area contributed by atoms with E-state index in [1.165, 1.54) is 18.1 Å². The number of hydrogen-bond donors (Lipinski definition) is 2. The average molecular weight is 387 g/mol. The fourth-order valence-electron chi connectivity index (χ4n) is 4.08. The van der Waals surface area contributed by atoms with Crippen LogP contribution in [-0.4, -0.2) is 16.1 Å². The number of amides is 1. The maximum Gasteiger partial charge on any atom is 0.267 e. The van der Waals surface area contributed by atoms with Crippen molar-refractivity contribution in [3.05, 3.63) is 81.3 Å². The lowest BCUT2D eigenvalue weighted by Crippen LogP contribution is -2.23. The lowest BCUT2D eigenvalue weighted by molar-refractivity contribution is -0.114. The third-order valence-electron chi connectivity index (χ3n) is 5.48. The zero-order valence-electron chi connectivity index (χ0n) is 16.6. The van der Waals surface area contributed by atoms with Gasteiger partial charge in [0, 0.05) is 18.2 Å². The van der Waals surface area contributed by atoms with E-state index in [-0.39, 0.29) is 11.5 Å². The molecule has 2 N–H and O–H groups in total. The summed E-state index contributed by atoms with van der Waals surface area (Å²) in [5.41, 5.74) is 7.31. The van der Waals surface area contributed by atoms with Crippen LogP contribution >= 0.6 is 0 Å². The van der Waals surface area contributed by atoms with Crippen molar-refractivity contribution in [3.8, 4) is 11.1 Å². The highest BCUT2D eigenvalue weighted by molar-refractivity contribution is 5.89. The number of benzene rings is 2. The van der Waals surface area contributed by atoms with E-state index in [1.54, 1.807) is 0 Å². The van der Waals surface area contributed by atoms with Crippen LogP contribution in [-0.2, 0) is 30.5 Å². The van der Waals surface area contributed by atoms with Gasteiger partial charge in [-0.05, 0) is 72.9 Å². The first kappa shape index (κ1) is 19.1. The van der Waals surface area contributed by atoms with Gasteiger partial charge in [-0.15, -0.1) is 0 Å². The molecule has 0 atom stereocenters. The molecule has 0 unspecified atom stereocenters. The molecule has 0 saturated carbocycles. The smallest absolute Gasteiger partial charge is 0.267 e. The Kier molecular flexibility index (Phi) is 5.56. The average Bonchev–Trinajstić information content (AvgIpc) is 2.73. The highest BCUT2D eigenvalue weighted by atomic mass is 16.1. The van der Waals surface area contributed by atoms with Gasteiger partial charge in [0.2, 0.25) is 5.91 Å². The Bertz CT molecular complexity index is 1100. The van der Waals surface area contributed by atoms with Crippen LogP contribution in [0, 0.1) is 0 Å². The molecule has 1 aromatic heterocycles. The van der Waals surface area contributed by atoms with Gasteiger partial charge in [0.25, 0.3) is 5.56 Å².